The number of likely N-dealkylation sites (N-methyl/N-ethyl adjacent to an activating group) is 1. The second-order valence-electron chi connectivity index (χ2n) is 12.0. The molecule has 9 heteroatoms. The van der Waals surface area contributed by atoms with Gasteiger partial charge in [-0.1, -0.05) is 26.2 Å². The van der Waals surface area contributed by atoms with E-state index in [9.17, 15) is 14.7 Å². The number of ether oxygens (including phenoxy) is 2. The lowest BCUT2D eigenvalue weighted by molar-refractivity contribution is -0.0123. The maximum Gasteiger partial charge on any atom is 0.317 e. The van der Waals surface area contributed by atoms with Crippen LogP contribution < -0.4 is 15.0 Å². The van der Waals surface area contributed by atoms with Crippen LogP contribution in [0, 0.1) is 5.92 Å². The van der Waals surface area contributed by atoms with Crippen LogP contribution in [0.3, 0.4) is 0 Å². The van der Waals surface area contributed by atoms with Gasteiger partial charge < -0.3 is 34.6 Å². The zero-order chi connectivity index (χ0) is 29.2. The summed E-state index contributed by atoms with van der Waals surface area (Å²) in [6.07, 6.45) is 7.97. The summed E-state index contributed by atoms with van der Waals surface area (Å²) in [6.45, 7) is 7.16. The molecule has 0 spiro atoms. The molecule has 0 aromatic heterocycles. The van der Waals surface area contributed by atoms with Gasteiger partial charge in [0.15, 0.2) is 0 Å². The van der Waals surface area contributed by atoms with Crippen LogP contribution in [0.1, 0.15) is 82.5 Å². The molecule has 0 radical (unpaired) electrons. The van der Waals surface area contributed by atoms with Gasteiger partial charge in [-0.2, -0.15) is 0 Å². The summed E-state index contributed by atoms with van der Waals surface area (Å²) in [6, 6.07) is 5.47. The third-order valence-electron chi connectivity index (χ3n) is 8.28. The van der Waals surface area contributed by atoms with Crippen molar-refractivity contribution in [2.24, 2.45) is 5.92 Å². The molecule has 226 valence electrons. The van der Waals surface area contributed by atoms with Crippen molar-refractivity contribution in [2.45, 2.75) is 96.4 Å². The molecule has 1 heterocycles. The van der Waals surface area contributed by atoms with Gasteiger partial charge in [0.2, 0.25) is 0 Å². The third-order valence-corrected chi connectivity index (χ3v) is 8.28. The van der Waals surface area contributed by atoms with E-state index < -0.39 is 6.04 Å². The molecule has 1 aliphatic heterocycles. The normalized spacial score (nSPS) is 24.3. The van der Waals surface area contributed by atoms with Crippen molar-refractivity contribution >= 4 is 17.6 Å². The van der Waals surface area contributed by atoms with Crippen LogP contribution in [-0.4, -0.2) is 98.6 Å². The molecule has 1 saturated carbocycles. The highest BCUT2D eigenvalue weighted by atomic mass is 16.5. The number of amides is 3. The monoisotopic (exact) mass is 560 g/mol. The zero-order valence-corrected chi connectivity index (χ0v) is 25.5. The van der Waals surface area contributed by atoms with Crippen LogP contribution in [0.5, 0.6) is 5.75 Å². The van der Waals surface area contributed by atoms with E-state index in [2.05, 4.69) is 12.2 Å². The topological polar surface area (TPSA) is 94.6 Å². The smallest absolute Gasteiger partial charge is 0.317 e. The minimum atomic E-state index is -0.399. The van der Waals surface area contributed by atoms with E-state index in [1.54, 1.807) is 9.80 Å². The second-order valence-corrected chi connectivity index (χ2v) is 12.0. The van der Waals surface area contributed by atoms with Crippen molar-refractivity contribution < 1.29 is 24.2 Å². The number of hydrogen-bond donors (Lipinski definition) is 2. The molecule has 0 bridgehead atoms. The van der Waals surface area contributed by atoms with Crippen LogP contribution in [0.4, 0.5) is 10.5 Å². The van der Waals surface area contributed by atoms with E-state index in [1.807, 2.05) is 58.1 Å². The molecule has 1 aromatic rings. The molecule has 0 saturated heterocycles. The molecule has 9 nitrogen and oxygen atoms in total. The quantitative estimate of drug-likeness (QED) is 0.531. The molecule has 1 aromatic carbocycles. The lowest BCUT2D eigenvalue weighted by Crippen LogP contribution is -2.50. The number of anilines is 1. The number of urea groups is 1. The highest BCUT2D eigenvalue weighted by Crippen LogP contribution is 2.29. The number of carbonyl (C=O) groups excluding carboxylic acids is 2. The number of rotatable bonds is 6. The summed E-state index contributed by atoms with van der Waals surface area (Å²) in [4.78, 5) is 32.5. The molecule has 2 N–H and O–H groups in total. The molecular formula is C31H52N4O5. The Morgan fingerprint density at radius 2 is 1.80 bits per heavy atom. The number of nitrogens with zero attached hydrogens (tertiary/aromatic N) is 3. The Kier molecular flexibility index (Phi) is 12.4. The minimum Gasteiger partial charge on any atom is -0.490 e. The Balaban J connectivity index is 1.85. The van der Waals surface area contributed by atoms with E-state index >= 15 is 0 Å². The van der Waals surface area contributed by atoms with Crippen LogP contribution >= 0.6 is 0 Å². The molecule has 3 rings (SSSR count). The number of carbonyl (C=O) groups is 2. The lowest BCUT2D eigenvalue weighted by Gasteiger charge is -2.36. The highest BCUT2D eigenvalue weighted by molar-refractivity contribution is 5.98. The first kappa shape index (κ1) is 32.0. The third kappa shape index (κ3) is 8.99. The molecule has 2 aliphatic rings. The first-order valence-corrected chi connectivity index (χ1v) is 15.1. The summed E-state index contributed by atoms with van der Waals surface area (Å²) in [5, 5.41) is 13.3. The molecule has 0 unspecified atom stereocenters. The summed E-state index contributed by atoms with van der Waals surface area (Å²) >= 11 is 0. The zero-order valence-electron chi connectivity index (χ0n) is 25.5. The molecule has 40 heavy (non-hydrogen) atoms. The van der Waals surface area contributed by atoms with Gasteiger partial charge in [0, 0.05) is 58.5 Å². The molecule has 3 amide bonds. The van der Waals surface area contributed by atoms with Gasteiger partial charge >= 0.3 is 6.03 Å². The molecular weight excluding hydrogens is 508 g/mol. The maximum atomic E-state index is 14.1. The summed E-state index contributed by atoms with van der Waals surface area (Å²) in [5.41, 5.74) is 1.39. The van der Waals surface area contributed by atoms with E-state index in [0.717, 1.165) is 50.6 Å². The Hall–Kier alpha value is -2.52. The van der Waals surface area contributed by atoms with Crippen LogP contribution in [0.25, 0.3) is 0 Å². The number of benzene rings is 1. The van der Waals surface area contributed by atoms with Crippen molar-refractivity contribution in [1.29, 1.82) is 0 Å². The van der Waals surface area contributed by atoms with Gasteiger partial charge in [-0.05, 0) is 64.2 Å². The van der Waals surface area contributed by atoms with Crippen molar-refractivity contribution in [3.63, 3.8) is 0 Å². The van der Waals surface area contributed by atoms with Crippen molar-refractivity contribution in [2.75, 3.05) is 52.3 Å². The fraction of sp³-hybridized carbons (Fsp3) is 0.742. The summed E-state index contributed by atoms with van der Waals surface area (Å²) in [5.74, 6) is 0.305. The van der Waals surface area contributed by atoms with Crippen LogP contribution in [-0.2, 0) is 4.74 Å². The van der Waals surface area contributed by atoms with Crippen molar-refractivity contribution in [3.8, 4) is 5.75 Å². The number of hydrogen-bond acceptors (Lipinski definition) is 6. The molecule has 4 atom stereocenters. The van der Waals surface area contributed by atoms with E-state index in [1.165, 1.54) is 6.42 Å². The Labute approximate surface area is 241 Å². The predicted molar refractivity (Wildman–Crippen MR) is 159 cm³/mol. The molecule has 1 aliphatic carbocycles. The first-order chi connectivity index (χ1) is 19.1. The Morgan fingerprint density at radius 1 is 1.10 bits per heavy atom. The largest absolute Gasteiger partial charge is 0.490 e. The van der Waals surface area contributed by atoms with Crippen molar-refractivity contribution in [1.82, 2.24) is 15.1 Å². The number of aliphatic hydroxyl groups is 1. The van der Waals surface area contributed by atoms with Gasteiger partial charge in [-0.3, -0.25) is 4.79 Å². The van der Waals surface area contributed by atoms with Gasteiger partial charge in [0.1, 0.15) is 5.75 Å². The highest BCUT2D eigenvalue weighted by Gasteiger charge is 2.31. The fourth-order valence-electron chi connectivity index (χ4n) is 5.54. The predicted octanol–water partition coefficient (Wildman–Crippen LogP) is 4.52. The standard InChI is InChI=1S/C31H52N4O5/c1-22-19-35(23(2)21-36)30(37)27-18-26(33(4)5)15-16-28(27)40-24(3)12-10-11-17-39-29(22)20-34(6)31(38)32-25-13-8-7-9-14-25/h15-16,18,22-25,29,36H,7-14,17,19-21H2,1-6H3,(H,32,38)/t22-,23+,24-,29+/m1/s1. The lowest BCUT2D eigenvalue weighted by atomic mass is 9.96. The van der Waals surface area contributed by atoms with Crippen LogP contribution in [0.15, 0.2) is 18.2 Å². The Morgan fingerprint density at radius 3 is 2.48 bits per heavy atom. The van der Waals surface area contributed by atoms with Gasteiger partial charge in [0.05, 0.1) is 30.4 Å². The second kappa shape index (κ2) is 15.5. The number of aliphatic hydroxyl groups excluding tert-OH is 1. The molecule has 1 fully saturated rings. The number of nitrogens with one attached hydrogen (secondary N) is 1. The van der Waals surface area contributed by atoms with Crippen molar-refractivity contribution in [3.05, 3.63) is 23.8 Å². The minimum absolute atomic E-state index is 0.0623. The first-order valence-electron chi connectivity index (χ1n) is 15.1. The fourth-order valence-corrected chi connectivity index (χ4v) is 5.54. The summed E-state index contributed by atoms with van der Waals surface area (Å²) in [7, 11) is 5.70. The van der Waals surface area contributed by atoms with Crippen LogP contribution in [0.2, 0.25) is 0 Å². The number of fused-ring (bicyclic) bond motifs is 1. The van der Waals surface area contributed by atoms with Gasteiger partial charge in [0.25, 0.3) is 5.91 Å². The Bertz CT molecular complexity index is 952. The average molecular weight is 561 g/mol. The van der Waals surface area contributed by atoms with E-state index in [-0.39, 0.29) is 42.7 Å². The van der Waals surface area contributed by atoms with Gasteiger partial charge in [-0.25, -0.2) is 4.79 Å². The summed E-state index contributed by atoms with van der Waals surface area (Å²) < 4.78 is 12.7. The van der Waals surface area contributed by atoms with E-state index in [0.29, 0.717) is 31.0 Å². The maximum absolute atomic E-state index is 14.1. The van der Waals surface area contributed by atoms with E-state index in [4.69, 9.17) is 9.47 Å². The SMILES string of the molecule is C[C@@H]1CCCCO[C@@H](CN(C)C(=O)NC2CCCCC2)[C@H](C)CN([C@@H](C)CO)C(=O)c2cc(N(C)C)ccc2O1. The average Bonchev–Trinajstić information content (AvgIpc) is 2.94. The van der Waals surface area contributed by atoms with Gasteiger partial charge in [-0.15, -0.1) is 0 Å².